The summed E-state index contributed by atoms with van der Waals surface area (Å²) in [5, 5.41) is 14.0. The number of nitrogens with zero attached hydrogens (tertiary/aromatic N) is 3. The SMILES string of the molecule is Cc1nn(C(C)C)c(N2CCC(O)CC2)c1N. The predicted octanol–water partition coefficient (Wildman–Crippen LogP) is 1.32. The molecule has 0 atom stereocenters. The molecule has 0 bridgehead atoms. The highest BCUT2D eigenvalue weighted by Gasteiger charge is 2.24. The first-order chi connectivity index (χ1) is 8.00. The molecule has 2 heterocycles. The van der Waals surface area contributed by atoms with E-state index >= 15 is 0 Å². The Bertz CT molecular complexity index is 391. The molecule has 1 aromatic heterocycles. The molecule has 5 nitrogen and oxygen atoms in total. The molecule has 17 heavy (non-hydrogen) atoms. The number of anilines is 2. The molecule has 96 valence electrons. The van der Waals surface area contributed by atoms with E-state index in [1.165, 1.54) is 0 Å². The third kappa shape index (κ3) is 2.24. The third-order valence-corrected chi connectivity index (χ3v) is 3.36. The second-order valence-electron chi connectivity index (χ2n) is 5.08. The number of aryl methyl sites for hydroxylation is 1. The minimum Gasteiger partial charge on any atom is -0.394 e. The quantitative estimate of drug-likeness (QED) is 0.815. The molecule has 1 fully saturated rings. The summed E-state index contributed by atoms with van der Waals surface area (Å²) in [6, 6.07) is 0.299. The molecule has 0 spiro atoms. The van der Waals surface area contributed by atoms with Gasteiger partial charge in [0.05, 0.1) is 17.5 Å². The molecule has 1 aliphatic rings. The van der Waals surface area contributed by atoms with Crippen LogP contribution in [-0.2, 0) is 0 Å². The number of nitrogen functional groups attached to an aromatic ring is 1. The first kappa shape index (κ1) is 12.2. The molecule has 1 aromatic rings. The molecule has 0 radical (unpaired) electrons. The van der Waals surface area contributed by atoms with Crippen LogP contribution in [0.1, 0.15) is 38.4 Å². The number of hydrogen-bond donors (Lipinski definition) is 2. The number of aliphatic hydroxyl groups excluding tert-OH is 1. The van der Waals surface area contributed by atoms with Gasteiger partial charge in [-0.3, -0.25) is 0 Å². The average molecular weight is 238 g/mol. The van der Waals surface area contributed by atoms with Gasteiger partial charge in [0, 0.05) is 19.1 Å². The summed E-state index contributed by atoms with van der Waals surface area (Å²) < 4.78 is 1.99. The summed E-state index contributed by atoms with van der Waals surface area (Å²) in [6.07, 6.45) is 1.45. The molecular formula is C12H22N4O. The summed E-state index contributed by atoms with van der Waals surface area (Å²) in [5.74, 6) is 1.02. The van der Waals surface area contributed by atoms with E-state index in [1.807, 2.05) is 11.6 Å². The van der Waals surface area contributed by atoms with Crippen molar-refractivity contribution in [3.63, 3.8) is 0 Å². The van der Waals surface area contributed by atoms with Crippen molar-refractivity contribution in [2.24, 2.45) is 0 Å². The molecule has 2 rings (SSSR count). The van der Waals surface area contributed by atoms with Crippen LogP contribution in [0.5, 0.6) is 0 Å². The molecule has 5 heteroatoms. The maximum Gasteiger partial charge on any atom is 0.150 e. The van der Waals surface area contributed by atoms with Crippen LogP contribution in [0, 0.1) is 6.92 Å². The van der Waals surface area contributed by atoms with Gasteiger partial charge in [-0.15, -0.1) is 0 Å². The van der Waals surface area contributed by atoms with Gasteiger partial charge in [0.25, 0.3) is 0 Å². The van der Waals surface area contributed by atoms with Gasteiger partial charge < -0.3 is 15.7 Å². The maximum atomic E-state index is 9.55. The van der Waals surface area contributed by atoms with Crippen molar-refractivity contribution in [1.82, 2.24) is 9.78 Å². The van der Waals surface area contributed by atoms with Crippen LogP contribution >= 0.6 is 0 Å². The van der Waals surface area contributed by atoms with Gasteiger partial charge >= 0.3 is 0 Å². The van der Waals surface area contributed by atoms with E-state index in [9.17, 15) is 5.11 Å². The lowest BCUT2D eigenvalue weighted by Gasteiger charge is -2.32. The van der Waals surface area contributed by atoms with E-state index in [1.54, 1.807) is 0 Å². The fourth-order valence-corrected chi connectivity index (χ4v) is 2.30. The minimum absolute atomic E-state index is 0.163. The fraction of sp³-hybridized carbons (Fsp3) is 0.750. The zero-order valence-electron chi connectivity index (χ0n) is 10.8. The second-order valence-corrected chi connectivity index (χ2v) is 5.08. The Morgan fingerprint density at radius 3 is 2.47 bits per heavy atom. The zero-order chi connectivity index (χ0) is 12.6. The van der Waals surface area contributed by atoms with E-state index in [0.717, 1.165) is 43.1 Å². The molecule has 0 aliphatic carbocycles. The number of nitrogens with two attached hydrogens (primary N) is 1. The first-order valence-corrected chi connectivity index (χ1v) is 6.28. The highest BCUT2D eigenvalue weighted by molar-refractivity contribution is 5.66. The van der Waals surface area contributed by atoms with Crippen molar-refractivity contribution in [3.8, 4) is 0 Å². The first-order valence-electron chi connectivity index (χ1n) is 6.28. The summed E-state index contributed by atoms with van der Waals surface area (Å²) in [6.45, 7) is 7.85. The number of aromatic nitrogens is 2. The van der Waals surface area contributed by atoms with Crippen LogP contribution < -0.4 is 10.6 Å². The van der Waals surface area contributed by atoms with E-state index in [-0.39, 0.29) is 6.10 Å². The predicted molar refractivity (Wildman–Crippen MR) is 69.2 cm³/mol. The van der Waals surface area contributed by atoms with Crippen LogP contribution in [0.25, 0.3) is 0 Å². The molecular weight excluding hydrogens is 216 g/mol. The number of piperidine rings is 1. The highest BCUT2D eigenvalue weighted by Crippen LogP contribution is 2.31. The number of hydrogen-bond acceptors (Lipinski definition) is 4. The summed E-state index contributed by atoms with van der Waals surface area (Å²) in [4.78, 5) is 2.24. The van der Waals surface area contributed by atoms with Crippen LogP contribution in [0.3, 0.4) is 0 Å². The molecule has 1 saturated heterocycles. The van der Waals surface area contributed by atoms with Gasteiger partial charge in [-0.1, -0.05) is 0 Å². The summed E-state index contributed by atoms with van der Waals surface area (Å²) in [5.41, 5.74) is 7.78. The van der Waals surface area contributed by atoms with Gasteiger partial charge in [-0.2, -0.15) is 5.10 Å². The largest absolute Gasteiger partial charge is 0.394 e. The molecule has 0 aromatic carbocycles. The standard InChI is InChI=1S/C12H22N4O/c1-8(2)16-12(11(13)9(3)14-16)15-6-4-10(17)5-7-15/h8,10,17H,4-7,13H2,1-3H3. The van der Waals surface area contributed by atoms with Crippen molar-refractivity contribution in [3.05, 3.63) is 5.69 Å². The highest BCUT2D eigenvalue weighted by atomic mass is 16.3. The van der Waals surface area contributed by atoms with E-state index in [0.29, 0.717) is 6.04 Å². The van der Waals surface area contributed by atoms with Crippen LogP contribution in [0.15, 0.2) is 0 Å². The van der Waals surface area contributed by atoms with E-state index < -0.39 is 0 Å². The fourth-order valence-electron chi connectivity index (χ4n) is 2.30. The van der Waals surface area contributed by atoms with Gasteiger partial charge in [0.15, 0.2) is 5.82 Å². The minimum atomic E-state index is -0.163. The number of rotatable bonds is 2. The van der Waals surface area contributed by atoms with Crippen molar-refractivity contribution < 1.29 is 5.11 Å². The van der Waals surface area contributed by atoms with Crippen LogP contribution in [0.4, 0.5) is 11.5 Å². The van der Waals surface area contributed by atoms with Crippen LogP contribution in [-0.4, -0.2) is 34.1 Å². The zero-order valence-corrected chi connectivity index (χ0v) is 10.8. The Morgan fingerprint density at radius 1 is 1.35 bits per heavy atom. The van der Waals surface area contributed by atoms with Crippen molar-refractivity contribution in [2.75, 3.05) is 23.7 Å². The van der Waals surface area contributed by atoms with Crippen molar-refractivity contribution in [1.29, 1.82) is 0 Å². The second kappa shape index (κ2) is 4.56. The van der Waals surface area contributed by atoms with Gasteiger partial charge in [-0.25, -0.2) is 4.68 Å². The Morgan fingerprint density at radius 2 is 1.94 bits per heavy atom. The van der Waals surface area contributed by atoms with Crippen molar-refractivity contribution in [2.45, 2.75) is 45.8 Å². The Hall–Kier alpha value is -1.23. The topological polar surface area (TPSA) is 67.3 Å². The molecule has 1 aliphatic heterocycles. The Balaban J connectivity index is 2.30. The monoisotopic (exact) mass is 238 g/mol. The summed E-state index contributed by atoms with van der Waals surface area (Å²) >= 11 is 0. The summed E-state index contributed by atoms with van der Waals surface area (Å²) in [7, 11) is 0. The normalized spacial score (nSPS) is 18.1. The third-order valence-electron chi connectivity index (χ3n) is 3.36. The average Bonchev–Trinajstić information content (AvgIpc) is 2.57. The molecule has 0 saturated carbocycles. The Labute approximate surface area is 102 Å². The Kier molecular flexibility index (Phi) is 3.28. The molecule has 0 amide bonds. The lowest BCUT2D eigenvalue weighted by atomic mass is 10.1. The lowest BCUT2D eigenvalue weighted by Crippen LogP contribution is -2.37. The van der Waals surface area contributed by atoms with Crippen molar-refractivity contribution >= 4 is 11.5 Å². The van der Waals surface area contributed by atoms with E-state index in [4.69, 9.17) is 5.73 Å². The smallest absolute Gasteiger partial charge is 0.150 e. The molecule has 3 N–H and O–H groups in total. The molecule has 0 unspecified atom stereocenters. The van der Waals surface area contributed by atoms with Gasteiger partial charge in [0.2, 0.25) is 0 Å². The number of aliphatic hydroxyl groups is 1. The lowest BCUT2D eigenvalue weighted by molar-refractivity contribution is 0.145. The van der Waals surface area contributed by atoms with E-state index in [2.05, 4.69) is 23.8 Å². The van der Waals surface area contributed by atoms with Crippen LogP contribution in [0.2, 0.25) is 0 Å². The van der Waals surface area contributed by atoms with Gasteiger partial charge in [-0.05, 0) is 33.6 Å². The maximum absolute atomic E-state index is 9.55. The van der Waals surface area contributed by atoms with Gasteiger partial charge in [0.1, 0.15) is 0 Å².